The Hall–Kier alpha value is -1.75. The fourth-order valence-corrected chi connectivity index (χ4v) is 2.49. The quantitative estimate of drug-likeness (QED) is 0.861. The molecule has 0 unspecified atom stereocenters. The highest BCUT2D eigenvalue weighted by atomic mass is 15.5. The molecule has 19 heavy (non-hydrogen) atoms. The summed E-state index contributed by atoms with van der Waals surface area (Å²) in [5, 5.41) is 17.7. The summed E-state index contributed by atoms with van der Waals surface area (Å²) < 4.78 is 0. The second-order valence-electron chi connectivity index (χ2n) is 5.30. The van der Waals surface area contributed by atoms with Gasteiger partial charge in [-0.1, -0.05) is 24.6 Å². The van der Waals surface area contributed by atoms with Crippen LogP contribution in [0.1, 0.15) is 31.7 Å². The largest absolute Gasteiger partial charge is 0.310 e. The van der Waals surface area contributed by atoms with Crippen LogP contribution in [0.3, 0.4) is 0 Å². The minimum absolute atomic E-state index is 0.600. The molecule has 0 amide bonds. The molecule has 5 heteroatoms. The lowest BCUT2D eigenvalue weighted by atomic mass is 9.80. The predicted molar refractivity (Wildman–Crippen MR) is 73.3 cm³/mol. The summed E-state index contributed by atoms with van der Waals surface area (Å²) in [6.07, 6.45) is 4.14. The first kappa shape index (κ1) is 12.3. The number of nitrogens with zero attached hydrogens (tertiary/aromatic N) is 3. The van der Waals surface area contributed by atoms with Gasteiger partial charge < -0.3 is 5.32 Å². The third kappa shape index (κ3) is 2.81. The van der Waals surface area contributed by atoms with Crippen molar-refractivity contribution in [3.63, 3.8) is 0 Å². The van der Waals surface area contributed by atoms with Crippen LogP contribution in [-0.2, 0) is 6.54 Å². The Morgan fingerprint density at radius 2 is 2.32 bits per heavy atom. The van der Waals surface area contributed by atoms with Gasteiger partial charge in [0, 0.05) is 18.2 Å². The van der Waals surface area contributed by atoms with E-state index in [4.69, 9.17) is 0 Å². The monoisotopic (exact) mass is 257 g/mol. The van der Waals surface area contributed by atoms with Crippen molar-refractivity contribution < 1.29 is 0 Å². The van der Waals surface area contributed by atoms with Crippen LogP contribution in [0, 0.1) is 5.92 Å². The summed E-state index contributed by atoms with van der Waals surface area (Å²) in [7, 11) is 0. The van der Waals surface area contributed by atoms with Crippen molar-refractivity contribution in [2.24, 2.45) is 5.92 Å². The van der Waals surface area contributed by atoms with Crippen LogP contribution in [0.2, 0.25) is 0 Å². The van der Waals surface area contributed by atoms with Crippen LogP contribution in [0.4, 0.5) is 0 Å². The number of benzene rings is 1. The summed E-state index contributed by atoms with van der Waals surface area (Å²) >= 11 is 0. The molecule has 1 heterocycles. The highest BCUT2D eigenvalue weighted by Crippen LogP contribution is 2.29. The standard InChI is InChI=1S/C14H19N5/c1-10(12-5-3-6-12)15-9-11-4-2-7-13(8-11)14-16-18-19-17-14/h2,4,7-8,10,12,15H,3,5-6,9H2,1H3,(H,16,17,18,19)/t10-/m1/s1. The number of rotatable bonds is 5. The zero-order valence-corrected chi connectivity index (χ0v) is 11.1. The number of tetrazole rings is 1. The van der Waals surface area contributed by atoms with Crippen molar-refractivity contribution in [1.29, 1.82) is 0 Å². The van der Waals surface area contributed by atoms with E-state index in [1.807, 2.05) is 12.1 Å². The van der Waals surface area contributed by atoms with Crippen LogP contribution in [0.25, 0.3) is 11.4 Å². The summed E-state index contributed by atoms with van der Waals surface area (Å²) in [4.78, 5) is 0. The molecule has 0 radical (unpaired) electrons. The Kier molecular flexibility index (Phi) is 3.55. The first-order valence-corrected chi connectivity index (χ1v) is 6.89. The summed E-state index contributed by atoms with van der Waals surface area (Å²) in [6, 6.07) is 8.89. The zero-order chi connectivity index (χ0) is 13.1. The average molecular weight is 257 g/mol. The Balaban J connectivity index is 1.63. The van der Waals surface area contributed by atoms with Crippen LogP contribution in [0.5, 0.6) is 0 Å². The summed E-state index contributed by atoms with van der Waals surface area (Å²) in [5.41, 5.74) is 2.26. The van der Waals surface area contributed by atoms with Crippen molar-refractivity contribution in [2.45, 2.75) is 38.8 Å². The van der Waals surface area contributed by atoms with Gasteiger partial charge in [-0.05, 0) is 42.5 Å². The molecule has 1 aliphatic carbocycles. The number of aromatic nitrogens is 4. The SMILES string of the molecule is C[C@@H](NCc1cccc(-c2nn[nH]n2)c1)C1CCC1. The minimum Gasteiger partial charge on any atom is -0.310 e. The molecule has 1 fully saturated rings. The number of hydrogen-bond donors (Lipinski definition) is 2. The van der Waals surface area contributed by atoms with E-state index >= 15 is 0 Å². The maximum atomic E-state index is 4.01. The normalized spacial score (nSPS) is 17.1. The van der Waals surface area contributed by atoms with Gasteiger partial charge in [0.15, 0.2) is 0 Å². The molecule has 1 aliphatic rings. The molecule has 0 bridgehead atoms. The molecule has 1 aromatic heterocycles. The fraction of sp³-hybridized carbons (Fsp3) is 0.500. The lowest BCUT2D eigenvalue weighted by Gasteiger charge is -2.32. The molecular formula is C14H19N5. The molecule has 0 aliphatic heterocycles. The third-order valence-electron chi connectivity index (χ3n) is 4.02. The van der Waals surface area contributed by atoms with Crippen molar-refractivity contribution in [1.82, 2.24) is 25.9 Å². The molecule has 100 valence electrons. The number of hydrogen-bond acceptors (Lipinski definition) is 4. The van der Waals surface area contributed by atoms with Crippen LogP contribution < -0.4 is 5.32 Å². The van der Waals surface area contributed by atoms with Gasteiger partial charge in [0.2, 0.25) is 5.82 Å². The highest BCUT2D eigenvalue weighted by Gasteiger charge is 2.23. The average Bonchev–Trinajstić information content (AvgIpc) is 2.88. The van der Waals surface area contributed by atoms with Crippen LogP contribution >= 0.6 is 0 Å². The van der Waals surface area contributed by atoms with Gasteiger partial charge >= 0.3 is 0 Å². The number of aromatic amines is 1. The fourth-order valence-electron chi connectivity index (χ4n) is 2.49. The highest BCUT2D eigenvalue weighted by molar-refractivity contribution is 5.54. The van der Waals surface area contributed by atoms with E-state index in [-0.39, 0.29) is 0 Å². The Morgan fingerprint density at radius 1 is 1.42 bits per heavy atom. The van der Waals surface area contributed by atoms with E-state index in [1.54, 1.807) is 0 Å². The van der Waals surface area contributed by atoms with E-state index in [0.29, 0.717) is 11.9 Å². The van der Waals surface area contributed by atoms with Crippen LogP contribution in [0.15, 0.2) is 24.3 Å². The zero-order valence-electron chi connectivity index (χ0n) is 11.1. The van der Waals surface area contributed by atoms with Gasteiger partial charge in [-0.2, -0.15) is 5.21 Å². The number of nitrogens with one attached hydrogen (secondary N) is 2. The molecule has 1 aromatic carbocycles. The van der Waals surface area contributed by atoms with Gasteiger partial charge in [-0.25, -0.2) is 0 Å². The van der Waals surface area contributed by atoms with Gasteiger partial charge in [0.25, 0.3) is 0 Å². The second-order valence-corrected chi connectivity index (χ2v) is 5.30. The van der Waals surface area contributed by atoms with Gasteiger partial charge in [-0.3, -0.25) is 0 Å². The molecule has 5 nitrogen and oxygen atoms in total. The predicted octanol–water partition coefficient (Wildman–Crippen LogP) is 2.14. The van der Waals surface area contributed by atoms with Gasteiger partial charge in [0.1, 0.15) is 0 Å². The Labute approximate surface area is 112 Å². The molecule has 0 spiro atoms. The molecule has 2 N–H and O–H groups in total. The molecule has 1 atom stereocenters. The lowest BCUT2D eigenvalue weighted by Crippen LogP contribution is -2.36. The second kappa shape index (κ2) is 5.48. The smallest absolute Gasteiger partial charge is 0.204 e. The maximum Gasteiger partial charge on any atom is 0.204 e. The minimum atomic E-state index is 0.600. The topological polar surface area (TPSA) is 66.5 Å². The number of H-pyrrole nitrogens is 1. The van der Waals surface area contributed by atoms with Crippen molar-refractivity contribution in [3.8, 4) is 11.4 Å². The molecule has 2 aromatic rings. The first-order valence-electron chi connectivity index (χ1n) is 6.89. The van der Waals surface area contributed by atoms with Crippen molar-refractivity contribution in [3.05, 3.63) is 29.8 Å². The molecule has 3 rings (SSSR count). The third-order valence-corrected chi connectivity index (χ3v) is 4.02. The van der Waals surface area contributed by atoms with Crippen molar-refractivity contribution in [2.75, 3.05) is 0 Å². The Bertz CT molecular complexity index is 518. The van der Waals surface area contributed by atoms with E-state index < -0.39 is 0 Å². The summed E-state index contributed by atoms with van der Waals surface area (Å²) in [5.74, 6) is 1.51. The Morgan fingerprint density at radius 3 is 3.00 bits per heavy atom. The molecule has 1 saturated carbocycles. The molecule has 0 saturated heterocycles. The van der Waals surface area contributed by atoms with E-state index in [2.05, 4.69) is 45.0 Å². The van der Waals surface area contributed by atoms with E-state index in [1.165, 1.54) is 24.8 Å². The first-order chi connectivity index (χ1) is 9.33. The summed E-state index contributed by atoms with van der Waals surface area (Å²) in [6.45, 7) is 3.18. The van der Waals surface area contributed by atoms with Crippen LogP contribution in [-0.4, -0.2) is 26.7 Å². The maximum absolute atomic E-state index is 4.01. The lowest BCUT2D eigenvalue weighted by molar-refractivity contribution is 0.240. The van der Waals surface area contributed by atoms with E-state index in [9.17, 15) is 0 Å². The van der Waals surface area contributed by atoms with Gasteiger partial charge in [0.05, 0.1) is 0 Å². The van der Waals surface area contributed by atoms with E-state index in [0.717, 1.165) is 18.0 Å². The molecular weight excluding hydrogens is 238 g/mol. The van der Waals surface area contributed by atoms with Gasteiger partial charge in [-0.15, -0.1) is 10.2 Å². The van der Waals surface area contributed by atoms with Crippen molar-refractivity contribution >= 4 is 0 Å².